The fourth-order valence-corrected chi connectivity index (χ4v) is 1.25. The van der Waals surface area contributed by atoms with Gasteiger partial charge in [0.2, 0.25) is 5.95 Å². The minimum atomic E-state index is -1.38. The van der Waals surface area contributed by atoms with E-state index in [4.69, 9.17) is 10.2 Å². The molecule has 0 fully saturated rings. The van der Waals surface area contributed by atoms with E-state index in [1.54, 1.807) is 0 Å². The highest BCUT2D eigenvalue weighted by atomic mass is 16.5. The number of anilines is 1. The minimum Gasteiger partial charge on any atom is -0.368 e. The Labute approximate surface area is 89.4 Å². The second-order valence-corrected chi connectivity index (χ2v) is 3.21. The van der Waals surface area contributed by atoms with Crippen molar-refractivity contribution in [1.29, 1.82) is 0 Å². The molecule has 86 valence electrons. The zero-order valence-corrected chi connectivity index (χ0v) is 8.27. The predicted octanol–water partition coefficient (Wildman–Crippen LogP) is -1.24. The highest BCUT2D eigenvalue weighted by Crippen LogP contribution is 2.02. The second-order valence-electron chi connectivity index (χ2n) is 3.21. The largest absolute Gasteiger partial charge is 0.368 e. The predicted molar refractivity (Wildman–Crippen MR) is 55.8 cm³/mol. The normalized spacial score (nSPS) is 11.2. The number of imidazole rings is 1. The monoisotopic (exact) mass is 225 g/mol. The van der Waals surface area contributed by atoms with Gasteiger partial charge in [0.05, 0.1) is 6.33 Å². The van der Waals surface area contributed by atoms with E-state index in [2.05, 4.69) is 25.3 Å². The molecule has 0 atom stereocenters. The molecule has 0 unspecified atom stereocenters. The Bertz CT molecular complexity index is 532. The number of aliphatic hydroxyl groups excluding tert-OH is 1. The number of hydrogen-bond donors (Lipinski definition) is 5. The zero-order valence-electron chi connectivity index (χ0n) is 8.27. The van der Waals surface area contributed by atoms with Gasteiger partial charge < -0.3 is 20.5 Å². The smallest absolute Gasteiger partial charge is 0.278 e. The summed E-state index contributed by atoms with van der Waals surface area (Å²) < 4.78 is 0. The maximum Gasteiger partial charge on any atom is 0.278 e. The molecule has 0 aliphatic heterocycles. The maximum absolute atomic E-state index is 11.5. The van der Waals surface area contributed by atoms with Crippen molar-refractivity contribution in [3.8, 4) is 0 Å². The van der Waals surface area contributed by atoms with Crippen molar-refractivity contribution >= 4 is 17.1 Å². The number of aromatic amines is 2. The van der Waals surface area contributed by atoms with Gasteiger partial charge in [-0.05, 0) is 0 Å². The average Bonchev–Trinajstić information content (AvgIpc) is 2.65. The van der Waals surface area contributed by atoms with Crippen LogP contribution in [0.2, 0.25) is 0 Å². The molecule has 0 radical (unpaired) electrons. The summed E-state index contributed by atoms with van der Waals surface area (Å²) in [5.41, 5.74) is 0.304. The Morgan fingerprint density at radius 1 is 1.50 bits per heavy atom. The van der Waals surface area contributed by atoms with E-state index < -0.39 is 6.29 Å². The van der Waals surface area contributed by atoms with Crippen LogP contribution in [0.25, 0.3) is 11.2 Å². The first-order chi connectivity index (χ1) is 7.66. The van der Waals surface area contributed by atoms with Crippen molar-refractivity contribution in [2.75, 3.05) is 11.9 Å². The third-order valence-electron chi connectivity index (χ3n) is 1.99. The van der Waals surface area contributed by atoms with E-state index in [-0.39, 0.29) is 24.5 Å². The Morgan fingerprint density at radius 3 is 3.06 bits per heavy atom. The molecule has 0 aliphatic carbocycles. The third-order valence-corrected chi connectivity index (χ3v) is 1.99. The maximum atomic E-state index is 11.5. The Morgan fingerprint density at radius 2 is 2.31 bits per heavy atom. The first-order valence-electron chi connectivity index (χ1n) is 4.70. The lowest BCUT2D eigenvalue weighted by Crippen LogP contribution is -2.17. The van der Waals surface area contributed by atoms with Gasteiger partial charge in [0.15, 0.2) is 17.5 Å². The van der Waals surface area contributed by atoms with Gasteiger partial charge in [-0.2, -0.15) is 4.98 Å². The SMILES string of the molecule is O=c1[nH]c(NCCC(O)O)nc2nc[nH]c12. The summed E-state index contributed by atoms with van der Waals surface area (Å²) in [6.07, 6.45) is 0.143. The molecule has 0 amide bonds. The van der Waals surface area contributed by atoms with Crippen LogP contribution in [-0.2, 0) is 0 Å². The van der Waals surface area contributed by atoms with Crippen molar-refractivity contribution in [2.45, 2.75) is 12.7 Å². The minimum absolute atomic E-state index is 0.141. The van der Waals surface area contributed by atoms with Crippen LogP contribution in [0.1, 0.15) is 6.42 Å². The van der Waals surface area contributed by atoms with Gasteiger partial charge in [0, 0.05) is 13.0 Å². The lowest BCUT2D eigenvalue weighted by molar-refractivity contribution is -0.0423. The quantitative estimate of drug-likeness (QED) is 0.414. The average molecular weight is 225 g/mol. The topological polar surface area (TPSA) is 127 Å². The molecule has 2 rings (SSSR count). The van der Waals surface area contributed by atoms with Crippen molar-refractivity contribution in [2.24, 2.45) is 0 Å². The van der Waals surface area contributed by atoms with Gasteiger partial charge >= 0.3 is 0 Å². The number of hydrogen-bond acceptors (Lipinski definition) is 6. The number of H-pyrrole nitrogens is 2. The molecule has 0 aromatic carbocycles. The van der Waals surface area contributed by atoms with E-state index in [9.17, 15) is 4.79 Å². The summed E-state index contributed by atoms with van der Waals surface area (Å²) in [4.78, 5) is 24.5. The van der Waals surface area contributed by atoms with Crippen LogP contribution in [0.3, 0.4) is 0 Å². The summed E-state index contributed by atoms with van der Waals surface area (Å²) in [5, 5.41) is 20.0. The molecule has 16 heavy (non-hydrogen) atoms. The standard InChI is InChI=1S/C8H11N5O3/c14-4(15)1-2-9-8-12-6-5(7(16)13-8)10-3-11-6/h3-4,14-15H,1-2H2,(H3,9,10,11,12,13,16). The van der Waals surface area contributed by atoms with Crippen LogP contribution >= 0.6 is 0 Å². The van der Waals surface area contributed by atoms with E-state index in [1.165, 1.54) is 6.33 Å². The highest BCUT2D eigenvalue weighted by Gasteiger charge is 2.05. The Balaban J connectivity index is 2.16. The summed E-state index contributed by atoms with van der Waals surface area (Å²) in [6.45, 7) is 0.288. The first-order valence-corrected chi connectivity index (χ1v) is 4.70. The summed E-state index contributed by atoms with van der Waals surface area (Å²) in [5.74, 6) is 0.255. The molecule has 8 nitrogen and oxygen atoms in total. The van der Waals surface area contributed by atoms with E-state index in [0.717, 1.165) is 0 Å². The molecule has 0 spiro atoms. The van der Waals surface area contributed by atoms with Gasteiger partial charge in [-0.15, -0.1) is 0 Å². The van der Waals surface area contributed by atoms with Crippen LogP contribution in [0.15, 0.2) is 11.1 Å². The Kier molecular flexibility index (Phi) is 2.84. The summed E-state index contributed by atoms with van der Waals surface area (Å²) >= 11 is 0. The molecule has 0 saturated carbocycles. The fourth-order valence-electron chi connectivity index (χ4n) is 1.25. The number of aromatic nitrogens is 4. The number of nitrogens with zero attached hydrogens (tertiary/aromatic N) is 2. The lowest BCUT2D eigenvalue weighted by Gasteiger charge is -2.05. The second kappa shape index (κ2) is 4.29. The zero-order chi connectivity index (χ0) is 11.5. The summed E-state index contributed by atoms with van der Waals surface area (Å²) in [6, 6.07) is 0. The molecule has 2 aromatic rings. The third kappa shape index (κ3) is 2.18. The Hall–Kier alpha value is -1.93. The lowest BCUT2D eigenvalue weighted by atomic mass is 10.4. The molecule has 0 saturated heterocycles. The van der Waals surface area contributed by atoms with Crippen molar-refractivity contribution in [3.63, 3.8) is 0 Å². The number of rotatable bonds is 4. The molecular formula is C8H11N5O3. The number of fused-ring (bicyclic) bond motifs is 1. The molecule has 8 heteroatoms. The van der Waals surface area contributed by atoms with Gasteiger partial charge in [-0.3, -0.25) is 9.78 Å². The first kappa shape index (κ1) is 10.6. The van der Waals surface area contributed by atoms with Gasteiger partial charge in [-0.1, -0.05) is 0 Å². The number of aliphatic hydroxyl groups is 2. The van der Waals surface area contributed by atoms with Crippen LogP contribution in [0.5, 0.6) is 0 Å². The molecule has 2 heterocycles. The van der Waals surface area contributed by atoms with Crippen LogP contribution in [-0.4, -0.2) is 43.0 Å². The van der Waals surface area contributed by atoms with Gasteiger partial charge in [0.1, 0.15) is 0 Å². The van der Waals surface area contributed by atoms with Crippen molar-refractivity contribution < 1.29 is 10.2 Å². The molecular weight excluding hydrogens is 214 g/mol. The van der Waals surface area contributed by atoms with Crippen LogP contribution in [0, 0.1) is 0 Å². The highest BCUT2D eigenvalue weighted by molar-refractivity contribution is 5.69. The number of nitrogens with one attached hydrogen (secondary N) is 3. The van der Waals surface area contributed by atoms with Gasteiger partial charge in [-0.25, -0.2) is 4.98 Å². The van der Waals surface area contributed by atoms with E-state index >= 15 is 0 Å². The molecule has 2 aromatic heterocycles. The summed E-state index contributed by atoms with van der Waals surface area (Å²) in [7, 11) is 0. The van der Waals surface area contributed by atoms with Gasteiger partial charge in [0.25, 0.3) is 5.56 Å². The van der Waals surface area contributed by atoms with Crippen molar-refractivity contribution in [1.82, 2.24) is 19.9 Å². The van der Waals surface area contributed by atoms with Crippen molar-refractivity contribution in [3.05, 3.63) is 16.7 Å². The van der Waals surface area contributed by atoms with Crippen LogP contribution < -0.4 is 10.9 Å². The fraction of sp³-hybridized carbons (Fsp3) is 0.375. The molecule has 0 bridgehead atoms. The van der Waals surface area contributed by atoms with E-state index in [1.807, 2.05) is 0 Å². The molecule has 5 N–H and O–H groups in total. The van der Waals surface area contributed by atoms with E-state index in [0.29, 0.717) is 11.2 Å². The van der Waals surface area contributed by atoms with Crippen LogP contribution in [0.4, 0.5) is 5.95 Å². The molecule has 0 aliphatic rings.